The Bertz CT molecular complexity index is 2920. The lowest BCUT2D eigenvalue weighted by Crippen LogP contribution is -2.12. The van der Waals surface area contributed by atoms with Crippen LogP contribution in [0.5, 0.6) is 0 Å². The summed E-state index contributed by atoms with van der Waals surface area (Å²) < 4.78 is 0. The van der Waals surface area contributed by atoms with Gasteiger partial charge in [0.05, 0.1) is 0 Å². The Hall–Kier alpha value is -7.80. The van der Waals surface area contributed by atoms with Crippen molar-refractivity contribution in [1.29, 1.82) is 0 Å². The molecule has 4 unspecified atom stereocenters. The maximum atomic E-state index is 2.41. The zero-order valence-electron chi connectivity index (χ0n) is 42.5. The quantitative estimate of drug-likeness (QED) is 0.0906. The summed E-state index contributed by atoms with van der Waals surface area (Å²) in [4.78, 5) is 0. The van der Waals surface area contributed by atoms with Crippen molar-refractivity contribution in [1.82, 2.24) is 0 Å². The monoisotopic (exact) mass is 933 g/mol. The van der Waals surface area contributed by atoms with Gasteiger partial charge in [-0.1, -0.05) is 307 Å². The van der Waals surface area contributed by atoms with Crippen molar-refractivity contribution in [3.05, 3.63) is 300 Å². The molecule has 0 aliphatic carbocycles. The van der Waals surface area contributed by atoms with Gasteiger partial charge in [-0.05, 0) is 126 Å². The van der Waals surface area contributed by atoms with E-state index < -0.39 is 0 Å². The van der Waals surface area contributed by atoms with E-state index in [1.54, 1.807) is 0 Å². The minimum atomic E-state index is 0.303. The van der Waals surface area contributed by atoms with E-state index in [0.717, 1.165) is 12.8 Å². The average Bonchev–Trinajstić information content (AvgIpc) is 3.47. The van der Waals surface area contributed by atoms with Crippen molar-refractivity contribution in [2.75, 3.05) is 0 Å². The van der Waals surface area contributed by atoms with Crippen molar-refractivity contribution in [3.63, 3.8) is 0 Å². The lowest BCUT2D eigenvalue weighted by atomic mass is 9.78. The first kappa shape index (κ1) is 49.2. The minimum absolute atomic E-state index is 0.303. The molecular weight excluding hydrogens is 865 g/mol. The fourth-order valence-electron chi connectivity index (χ4n) is 10.1. The molecule has 72 heavy (non-hydrogen) atoms. The SMILES string of the molecule is CC(c1ccc(-c2ccc(C(C)C(Cc3ccc(-c4ccccc4)cc3)c3ccc(-c4ccccc4)cc3)cc2)cc1)C(Cc1ccc(-c2ccccc2)cc1)c1ccc(-c2ccccc2)cc1.CCCC. The summed E-state index contributed by atoms with van der Waals surface area (Å²) in [5, 5.41) is 0. The van der Waals surface area contributed by atoms with Crippen molar-refractivity contribution < 1.29 is 0 Å². The Morgan fingerprint density at radius 2 is 0.417 bits per heavy atom. The summed E-state index contributed by atoms with van der Waals surface area (Å²) >= 11 is 0. The first-order valence-electron chi connectivity index (χ1n) is 26.2. The van der Waals surface area contributed by atoms with E-state index in [1.807, 2.05) is 0 Å². The van der Waals surface area contributed by atoms with Gasteiger partial charge in [-0.2, -0.15) is 0 Å². The summed E-state index contributed by atoms with van der Waals surface area (Å²) in [7, 11) is 0. The molecule has 0 bridgehead atoms. The highest BCUT2D eigenvalue weighted by molar-refractivity contribution is 5.68. The van der Waals surface area contributed by atoms with E-state index in [1.165, 1.54) is 102 Å². The van der Waals surface area contributed by atoms with Crippen LogP contribution in [0, 0.1) is 0 Å². The van der Waals surface area contributed by atoms with Crippen molar-refractivity contribution in [2.24, 2.45) is 0 Å². The Labute approximate surface area is 430 Å². The van der Waals surface area contributed by atoms with Crippen molar-refractivity contribution >= 4 is 0 Å². The Morgan fingerprint density at radius 3 is 0.639 bits per heavy atom. The lowest BCUT2D eigenvalue weighted by Gasteiger charge is -2.26. The highest BCUT2D eigenvalue weighted by atomic mass is 14.3. The molecule has 0 radical (unpaired) electrons. The predicted octanol–water partition coefficient (Wildman–Crippen LogP) is 20.1. The van der Waals surface area contributed by atoms with Crippen LogP contribution in [0.25, 0.3) is 55.6 Å². The molecule has 0 spiro atoms. The van der Waals surface area contributed by atoms with E-state index in [2.05, 4.69) is 295 Å². The zero-order valence-corrected chi connectivity index (χ0v) is 42.5. The number of rotatable bonds is 16. The molecule has 10 rings (SSSR count). The predicted molar refractivity (Wildman–Crippen MR) is 310 cm³/mol. The number of unbranched alkanes of at least 4 members (excludes halogenated alkanes) is 1. The van der Waals surface area contributed by atoms with E-state index in [9.17, 15) is 0 Å². The fraction of sp³-hybridized carbons (Fsp3) is 0.167. The maximum absolute atomic E-state index is 2.41. The maximum Gasteiger partial charge on any atom is -0.00553 e. The molecule has 10 aromatic carbocycles. The third kappa shape index (κ3) is 12.4. The van der Waals surface area contributed by atoms with Crippen LogP contribution in [0.4, 0.5) is 0 Å². The van der Waals surface area contributed by atoms with Gasteiger partial charge in [0.2, 0.25) is 0 Å². The molecule has 4 atom stereocenters. The van der Waals surface area contributed by atoms with Gasteiger partial charge in [-0.3, -0.25) is 0 Å². The van der Waals surface area contributed by atoms with Crippen molar-refractivity contribution in [3.8, 4) is 55.6 Å². The second-order valence-corrected chi connectivity index (χ2v) is 19.5. The van der Waals surface area contributed by atoms with Crippen LogP contribution in [-0.4, -0.2) is 0 Å². The third-order valence-corrected chi connectivity index (χ3v) is 14.8. The summed E-state index contributed by atoms with van der Waals surface area (Å²) in [6.45, 7) is 9.17. The van der Waals surface area contributed by atoms with E-state index in [4.69, 9.17) is 0 Å². The van der Waals surface area contributed by atoms with Crippen LogP contribution >= 0.6 is 0 Å². The molecule has 0 nitrogen and oxygen atoms in total. The van der Waals surface area contributed by atoms with E-state index in [0.29, 0.717) is 23.7 Å². The summed E-state index contributed by atoms with van der Waals surface area (Å²) in [6.07, 6.45) is 4.55. The van der Waals surface area contributed by atoms with Gasteiger partial charge in [-0.15, -0.1) is 0 Å². The second-order valence-electron chi connectivity index (χ2n) is 19.5. The van der Waals surface area contributed by atoms with E-state index >= 15 is 0 Å². The van der Waals surface area contributed by atoms with Crippen molar-refractivity contribution in [2.45, 2.75) is 77.0 Å². The minimum Gasteiger partial charge on any atom is -0.0654 e. The normalized spacial score (nSPS) is 12.7. The first-order chi connectivity index (χ1) is 35.4. The summed E-state index contributed by atoms with van der Waals surface area (Å²) in [5.74, 6) is 1.21. The highest BCUT2D eigenvalue weighted by Gasteiger charge is 2.24. The Morgan fingerprint density at radius 1 is 0.222 bits per heavy atom. The molecule has 0 saturated heterocycles. The molecule has 0 amide bonds. The molecule has 0 heteroatoms. The van der Waals surface area contributed by atoms with Gasteiger partial charge < -0.3 is 0 Å². The lowest BCUT2D eigenvalue weighted by molar-refractivity contribution is 0.572. The molecule has 0 fully saturated rings. The van der Waals surface area contributed by atoms with Gasteiger partial charge in [0.15, 0.2) is 0 Å². The fourth-order valence-corrected chi connectivity index (χ4v) is 10.1. The van der Waals surface area contributed by atoms with Crippen LogP contribution in [0.1, 0.15) is 97.6 Å². The molecule has 356 valence electrons. The molecule has 0 aliphatic heterocycles. The largest absolute Gasteiger partial charge is 0.0654 e. The van der Waals surface area contributed by atoms with Gasteiger partial charge in [0.1, 0.15) is 0 Å². The molecule has 0 heterocycles. The van der Waals surface area contributed by atoms with Gasteiger partial charge in [-0.25, -0.2) is 0 Å². The van der Waals surface area contributed by atoms with Crippen LogP contribution in [0.15, 0.2) is 267 Å². The van der Waals surface area contributed by atoms with Crippen LogP contribution in [0.2, 0.25) is 0 Å². The number of hydrogen-bond donors (Lipinski definition) is 0. The molecule has 0 saturated carbocycles. The highest BCUT2D eigenvalue weighted by Crippen LogP contribution is 2.40. The standard InChI is InChI=1S/C68H58.C4H10/c1-49(67(65-43-39-61(40-44-65)57-19-11-5-12-20-57)47-51-23-27-59(28-24-51)55-15-7-3-8-16-55)53-31-35-63(36-32-53)64-37-33-54(34-38-64)50(2)68(66-45-41-62(42-46-66)58-21-13-6-14-22-58)48-52-25-29-60(30-26-52)56-17-9-4-10-18-56;1-3-4-2/h3-46,49-50,67-68H,47-48H2,1-2H3;3-4H2,1-2H3. The number of hydrogen-bond acceptors (Lipinski definition) is 0. The molecule has 0 aromatic heterocycles. The van der Waals surface area contributed by atoms with Gasteiger partial charge >= 0.3 is 0 Å². The van der Waals surface area contributed by atoms with Crippen LogP contribution in [0.3, 0.4) is 0 Å². The van der Waals surface area contributed by atoms with Crippen LogP contribution < -0.4 is 0 Å². The Balaban J connectivity index is 0.00000154. The third-order valence-electron chi connectivity index (χ3n) is 14.8. The van der Waals surface area contributed by atoms with Gasteiger partial charge in [0.25, 0.3) is 0 Å². The molecular formula is C72H68. The molecule has 0 N–H and O–H groups in total. The molecule has 0 aliphatic rings. The Kier molecular flexibility index (Phi) is 16.6. The van der Waals surface area contributed by atoms with Crippen LogP contribution in [-0.2, 0) is 12.8 Å². The average molecular weight is 933 g/mol. The summed E-state index contributed by atoms with van der Waals surface area (Å²) in [6, 6.07) is 98.4. The zero-order chi connectivity index (χ0) is 49.5. The first-order valence-corrected chi connectivity index (χ1v) is 26.2. The topological polar surface area (TPSA) is 0 Å². The summed E-state index contributed by atoms with van der Waals surface area (Å²) in [5.41, 5.74) is 20.6. The van der Waals surface area contributed by atoms with Gasteiger partial charge in [0, 0.05) is 0 Å². The smallest absolute Gasteiger partial charge is 0.00553 e. The van der Waals surface area contributed by atoms with E-state index in [-0.39, 0.29) is 0 Å². The second kappa shape index (κ2) is 24.4. The number of benzene rings is 10. The molecule has 10 aromatic rings.